The summed E-state index contributed by atoms with van der Waals surface area (Å²) < 4.78 is 0. The van der Waals surface area contributed by atoms with Crippen molar-refractivity contribution in [3.05, 3.63) is 59.9 Å². The van der Waals surface area contributed by atoms with E-state index in [1.54, 1.807) is 6.07 Å². The van der Waals surface area contributed by atoms with Crippen molar-refractivity contribution in [2.45, 2.75) is 19.8 Å². The van der Waals surface area contributed by atoms with Crippen LogP contribution in [0.5, 0.6) is 0 Å². The molecule has 0 aliphatic heterocycles. The van der Waals surface area contributed by atoms with Gasteiger partial charge in [-0.1, -0.05) is 25.1 Å². The number of carbonyl (C=O) groups excluding carboxylic acids is 1. The van der Waals surface area contributed by atoms with Gasteiger partial charge < -0.3 is 10.3 Å². The molecule has 0 radical (unpaired) electrons. The summed E-state index contributed by atoms with van der Waals surface area (Å²) in [5.41, 5.74) is 3.21. The molecule has 0 saturated carbocycles. The average molecular weight is 279 g/mol. The van der Waals surface area contributed by atoms with E-state index in [4.69, 9.17) is 0 Å². The summed E-state index contributed by atoms with van der Waals surface area (Å²) >= 11 is 0. The van der Waals surface area contributed by atoms with E-state index in [1.807, 2.05) is 42.5 Å². The van der Waals surface area contributed by atoms with E-state index in [2.05, 4.69) is 22.2 Å². The summed E-state index contributed by atoms with van der Waals surface area (Å²) in [6, 6.07) is 15.0. The molecule has 2 aromatic carbocycles. The summed E-state index contributed by atoms with van der Waals surface area (Å²) in [5.74, 6) is 0.850. The Hall–Kier alpha value is -2.62. The van der Waals surface area contributed by atoms with Gasteiger partial charge in [0.15, 0.2) is 0 Å². The smallest absolute Gasteiger partial charge is 0.255 e. The number of carbonyl (C=O) groups is 1. The number of para-hydroxylation sites is 1. The van der Waals surface area contributed by atoms with Crippen molar-refractivity contribution in [3.63, 3.8) is 0 Å². The number of aryl methyl sites for hydroxylation is 1. The fraction of sp³-hybridized carbons (Fsp3) is 0.176. The third-order valence-electron chi connectivity index (χ3n) is 3.31. The molecule has 4 heteroatoms. The maximum absolute atomic E-state index is 12.2. The lowest BCUT2D eigenvalue weighted by molar-refractivity contribution is 0.102. The van der Waals surface area contributed by atoms with Crippen LogP contribution in [0.25, 0.3) is 11.0 Å². The number of aromatic nitrogens is 2. The molecule has 1 heterocycles. The highest BCUT2D eigenvalue weighted by Gasteiger charge is 2.09. The minimum Gasteiger partial charge on any atom is -0.342 e. The number of aromatic amines is 1. The van der Waals surface area contributed by atoms with Crippen molar-refractivity contribution in [3.8, 4) is 0 Å². The molecular formula is C17H17N3O. The number of imidazole rings is 1. The van der Waals surface area contributed by atoms with Gasteiger partial charge in [-0.2, -0.15) is 0 Å². The van der Waals surface area contributed by atoms with Gasteiger partial charge in [0, 0.05) is 17.7 Å². The van der Waals surface area contributed by atoms with Crippen LogP contribution in [0.2, 0.25) is 0 Å². The minimum atomic E-state index is -0.116. The maximum Gasteiger partial charge on any atom is 0.255 e. The van der Waals surface area contributed by atoms with Crippen molar-refractivity contribution < 1.29 is 4.79 Å². The van der Waals surface area contributed by atoms with Crippen LogP contribution in [0.4, 0.5) is 5.69 Å². The molecule has 0 atom stereocenters. The first kappa shape index (κ1) is 13.4. The van der Waals surface area contributed by atoms with Crippen molar-refractivity contribution in [2.24, 2.45) is 0 Å². The third-order valence-corrected chi connectivity index (χ3v) is 3.31. The predicted molar refractivity (Wildman–Crippen MR) is 84.5 cm³/mol. The Morgan fingerprint density at radius 2 is 2.00 bits per heavy atom. The summed E-state index contributed by atoms with van der Waals surface area (Å²) in [6.45, 7) is 2.12. The number of fused-ring (bicyclic) bond motifs is 1. The van der Waals surface area contributed by atoms with Crippen molar-refractivity contribution in [1.82, 2.24) is 9.97 Å². The molecule has 0 bridgehead atoms. The van der Waals surface area contributed by atoms with Crippen molar-refractivity contribution in [1.29, 1.82) is 0 Å². The number of hydrogen-bond donors (Lipinski definition) is 2. The molecule has 106 valence electrons. The van der Waals surface area contributed by atoms with Gasteiger partial charge in [-0.15, -0.1) is 0 Å². The molecule has 0 unspecified atom stereocenters. The highest BCUT2D eigenvalue weighted by molar-refractivity contribution is 6.05. The van der Waals surface area contributed by atoms with E-state index < -0.39 is 0 Å². The van der Waals surface area contributed by atoms with Crippen LogP contribution in [0.1, 0.15) is 29.5 Å². The fourth-order valence-corrected chi connectivity index (χ4v) is 2.28. The van der Waals surface area contributed by atoms with Gasteiger partial charge in [0.05, 0.1) is 11.0 Å². The highest BCUT2D eigenvalue weighted by atomic mass is 16.1. The second-order valence-corrected chi connectivity index (χ2v) is 4.99. The number of rotatable bonds is 4. The van der Waals surface area contributed by atoms with E-state index in [9.17, 15) is 4.79 Å². The third kappa shape index (κ3) is 2.94. The highest BCUT2D eigenvalue weighted by Crippen LogP contribution is 2.16. The van der Waals surface area contributed by atoms with E-state index in [0.717, 1.165) is 35.4 Å². The van der Waals surface area contributed by atoms with Crippen LogP contribution >= 0.6 is 0 Å². The number of hydrogen-bond acceptors (Lipinski definition) is 2. The normalized spacial score (nSPS) is 10.7. The second kappa shape index (κ2) is 5.79. The van der Waals surface area contributed by atoms with Gasteiger partial charge in [0.1, 0.15) is 5.82 Å². The van der Waals surface area contributed by atoms with Gasteiger partial charge in [-0.3, -0.25) is 4.79 Å². The number of nitrogens with zero attached hydrogens (tertiary/aromatic N) is 1. The number of benzene rings is 2. The zero-order valence-corrected chi connectivity index (χ0v) is 11.9. The Bertz CT molecular complexity index is 762. The van der Waals surface area contributed by atoms with Crippen LogP contribution in [0.3, 0.4) is 0 Å². The Kier molecular flexibility index (Phi) is 3.69. The quantitative estimate of drug-likeness (QED) is 0.763. The van der Waals surface area contributed by atoms with E-state index in [1.165, 1.54) is 0 Å². The molecule has 1 amide bonds. The van der Waals surface area contributed by atoms with Crippen LogP contribution in [-0.4, -0.2) is 15.9 Å². The minimum absolute atomic E-state index is 0.116. The number of amides is 1. The van der Waals surface area contributed by atoms with Crippen LogP contribution in [0, 0.1) is 0 Å². The zero-order chi connectivity index (χ0) is 14.7. The molecule has 0 saturated heterocycles. The molecule has 0 aliphatic carbocycles. The maximum atomic E-state index is 12.2. The molecule has 21 heavy (non-hydrogen) atoms. The predicted octanol–water partition coefficient (Wildman–Crippen LogP) is 3.77. The SMILES string of the molecule is CCCc1nc2ccc(C(=O)Nc3ccccc3)cc2[nH]1. The second-order valence-electron chi connectivity index (χ2n) is 4.99. The molecule has 0 fully saturated rings. The molecule has 0 aliphatic rings. The summed E-state index contributed by atoms with van der Waals surface area (Å²) in [4.78, 5) is 20.0. The van der Waals surface area contributed by atoms with Crippen molar-refractivity contribution >= 4 is 22.6 Å². The van der Waals surface area contributed by atoms with E-state index in [0.29, 0.717) is 5.56 Å². The van der Waals surface area contributed by atoms with Crippen LogP contribution < -0.4 is 5.32 Å². The topological polar surface area (TPSA) is 57.8 Å². The fourth-order valence-electron chi connectivity index (χ4n) is 2.28. The lowest BCUT2D eigenvalue weighted by Gasteiger charge is -2.04. The molecular weight excluding hydrogens is 262 g/mol. The molecule has 3 rings (SSSR count). The van der Waals surface area contributed by atoms with Gasteiger partial charge in [0.2, 0.25) is 0 Å². The number of anilines is 1. The number of nitrogens with one attached hydrogen (secondary N) is 2. The summed E-state index contributed by atoms with van der Waals surface area (Å²) in [5, 5.41) is 2.88. The van der Waals surface area contributed by atoms with Gasteiger partial charge in [-0.25, -0.2) is 4.98 Å². The van der Waals surface area contributed by atoms with Gasteiger partial charge >= 0.3 is 0 Å². The summed E-state index contributed by atoms with van der Waals surface area (Å²) in [7, 11) is 0. The Labute approximate surface area is 123 Å². The van der Waals surface area contributed by atoms with Crippen LogP contribution in [0.15, 0.2) is 48.5 Å². The van der Waals surface area contributed by atoms with Crippen LogP contribution in [-0.2, 0) is 6.42 Å². The van der Waals surface area contributed by atoms with E-state index >= 15 is 0 Å². The molecule has 3 aromatic rings. The summed E-state index contributed by atoms with van der Waals surface area (Å²) in [6.07, 6.45) is 1.96. The van der Waals surface area contributed by atoms with Gasteiger partial charge in [-0.05, 0) is 36.8 Å². The first-order valence-electron chi connectivity index (χ1n) is 7.11. The Morgan fingerprint density at radius 3 is 2.76 bits per heavy atom. The largest absolute Gasteiger partial charge is 0.342 e. The molecule has 2 N–H and O–H groups in total. The lowest BCUT2D eigenvalue weighted by atomic mass is 10.2. The number of H-pyrrole nitrogens is 1. The van der Waals surface area contributed by atoms with E-state index in [-0.39, 0.29) is 5.91 Å². The monoisotopic (exact) mass is 279 g/mol. The zero-order valence-electron chi connectivity index (χ0n) is 11.9. The molecule has 0 spiro atoms. The standard InChI is InChI=1S/C17H17N3O/c1-2-6-16-19-14-10-9-12(11-15(14)20-16)17(21)18-13-7-4-3-5-8-13/h3-5,7-11H,2,6H2,1H3,(H,18,21)(H,19,20). The average Bonchev–Trinajstić information content (AvgIpc) is 2.90. The van der Waals surface area contributed by atoms with Crippen molar-refractivity contribution in [2.75, 3.05) is 5.32 Å². The first-order chi connectivity index (χ1) is 10.3. The lowest BCUT2D eigenvalue weighted by Crippen LogP contribution is -2.11. The molecule has 4 nitrogen and oxygen atoms in total. The Morgan fingerprint density at radius 1 is 1.19 bits per heavy atom. The Balaban J connectivity index is 1.84. The molecule has 1 aromatic heterocycles. The van der Waals surface area contributed by atoms with Gasteiger partial charge in [0.25, 0.3) is 5.91 Å². The first-order valence-corrected chi connectivity index (χ1v) is 7.11.